The molecule has 3 aliphatic rings. The second-order valence-corrected chi connectivity index (χ2v) is 6.40. The molecule has 0 bridgehead atoms. The van der Waals surface area contributed by atoms with Crippen LogP contribution in [0.5, 0.6) is 0 Å². The van der Waals surface area contributed by atoms with E-state index in [1.807, 2.05) is 0 Å². The van der Waals surface area contributed by atoms with Crippen LogP contribution in [0.1, 0.15) is 44.9 Å². The van der Waals surface area contributed by atoms with Gasteiger partial charge in [-0.05, 0) is 32.7 Å². The first-order chi connectivity index (χ1) is 8.88. The summed E-state index contributed by atoms with van der Waals surface area (Å²) in [6, 6.07) is 2.50. The van der Waals surface area contributed by atoms with Gasteiger partial charge in [-0.25, -0.2) is 0 Å². The molecule has 0 aromatic rings. The largest absolute Gasteiger partial charge is 0.315 e. The van der Waals surface area contributed by atoms with Gasteiger partial charge in [0, 0.05) is 44.3 Å². The van der Waals surface area contributed by atoms with Gasteiger partial charge < -0.3 is 5.32 Å². The van der Waals surface area contributed by atoms with Gasteiger partial charge >= 0.3 is 0 Å². The van der Waals surface area contributed by atoms with E-state index in [4.69, 9.17) is 0 Å². The minimum Gasteiger partial charge on any atom is -0.315 e. The van der Waals surface area contributed by atoms with Gasteiger partial charge in [0.1, 0.15) is 0 Å². The van der Waals surface area contributed by atoms with Crippen LogP contribution in [0.15, 0.2) is 0 Å². The lowest BCUT2D eigenvalue weighted by Gasteiger charge is -2.42. The topological polar surface area (TPSA) is 18.5 Å². The van der Waals surface area contributed by atoms with Gasteiger partial charge in [0.05, 0.1) is 0 Å². The van der Waals surface area contributed by atoms with Crippen LogP contribution in [-0.4, -0.2) is 61.2 Å². The molecular weight excluding hydrogens is 222 g/mol. The number of nitrogens with one attached hydrogen (secondary N) is 1. The summed E-state index contributed by atoms with van der Waals surface area (Å²) in [7, 11) is 2.14. The third-order valence-corrected chi connectivity index (χ3v) is 5.51. The SMILES string of the molecule is CNC1CCCC1N1CCN(C2CCCC2)CC1. The molecule has 3 fully saturated rings. The van der Waals surface area contributed by atoms with Crippen LogP contribution >= 0.6 is 0 Å². The van der Waals surface area contributed by atoms with E-state index < -0.39 is 0 Å². The Morgan fingerprint density at radius 2 is 1.44 bits per heavy atom. The van der Waals surface area contributed by atoms with E-state index >= 15 is 0 Å². The van der Waals surface area contributed by atoms with Crippen LogP contribution in [-0.2, 0) is 0 Å². The molecule has 3 nitrogen and oxygen atoms in total. The summed E-state index contributed by atoms with van der Waals surface area (Å²) in [5.74, 6) is 0. The summed E-state index contributed by atoms with van der Waals surface area (Å²) in [5.41, 5.74) is 0. The second kappa shape index (κ2) is 5.89. The maximum atomic E-state index is 3.52. The molecule has 3 rings (SSSR count). The zero-order valence-corrected chi connectivity index (χ0v) is 11.9. The van der Waals surface area contributed by atoms with Crippen molar-refractivity contribution in [1.82, 2.24) is 15.1 Å². The molecule has 0 aromatic heterocycles. The monoisotopic (exact) mass is 251 g/mol. The molecule has 0 radical (unpaired) electrons. The number of rotatable bonds is 3. The first kappa shape index (κ1) is 12.9. The minimum absolute atomic E-state index is 0.753. The highest BCUT2D eigenvalue weighted by molar-refractivity contribution is 4.92. The van der Waals surface area contributed by atoms with Crippen molar-refractivity contribution < 1.29 is 0 Å². The Hall–Kier alpha value is -0.120. The van der Waals surface area contributed by atoms with E-state index in [0.717, 1.165) is 18.1 Å². The predicted octanol–water partition coefficient (Wildman–Crippen LogP) is 1.69. The van der Waals surface area contributed by atoms with Gasteiger partial charge in [0.25, 0.3) is 0 Å². The van der Waals surface area contributed by atoms with Crippen LogP contribution in [0, 0.1) is 0 Å². The number of hydrogen-bond acceptors (Lipinski definition) is 3. The zero-order valence-electron chi connectivity index (χ0n) is 11.9. The van der Waals surface area contributed by atoms with Gasteiger partial charge in [-0.2, -0.15) is 0 Å². The molecule has 1 heterocycles. The van der Waals surface area contributed by atoms with Gasteiger partial charge in [0.2, 0.25) is 0 Å². The Kier molecular flexibility index (Phi) is 4.22. The normalized spacial score (nSPS) is 36.5. The summed E-state index contributed by atoms with van der Waals surface area (Å²) in [5, 5.41) is 3.52. The van der Waals surface area contributed by atoms with Gasteiger partial charge in [-0.3, -0.25) is 9.80 Å². The first-order valence-corrected chi connectivity index (χ1v) is 8.04. The van der Waals surface area contributed by atoms with Crippen molar-refractivity contribution in [2.45, 2.75) is 63.1 Å². The molecule has 0 spiro atoms. The Morgan fingerprint density at radius 1 is 0.778 bits per heavy atom. The number of piperazine rings is 1. The van der Waals surface area contributed by atoms with Crippen LogP contribution < -0.4 is 5.32 Å². The van der Waals surface area contributed by atoms with Crippen LogP contribution in [0.2, 0.25) is 0 Å². The lowest BCUT2D eigenvalue weighted by molar-refractivity contribution is 0.0645. The Balaban J connectivity index is 1.50. The molecule has 2 atom stereocenters. The summed E-state index contributed by atoms with van der Waals surface area (Å²) in [4.78, 5) is 5.53. The maximum Gasteiger partial charge on any atom is 0.0250 e. The zero-order chi connectivity index (χ0) is 12.4. The molecule has 2 saturated carbocycles. The fourth-order valence-corrected chi connectivity index (χ4v) is 4.42. The molecule has 1 saturated heterocycles. The van der Waals surface area contributed by atoms with E-state index in [-0.39, 0.29) is 0 Å². The highest BCUT2D eigenvalue weighted by atomic mass is 15.3. The third-order valence-electron chi connectivity index (χ3n) is 5.51. The second-order valence-electron chi connectivity index (χ2n) is 6.40. The van der Waals surface area contributed by atoms with Gasteiger partial charge in [0.15, 0.2) is 0 Å². The Labute approximate surface area is 112 Å². The lowest BCUT2D eigenvalue weighted by Crippen LogP contribution is -2.55. The van der Waals surface area contributed by atoms with Crippen LogP contribution in [0.4, 0.5) is 0 Å². The van der Waals surface area contributed by atoms with Crippen LogP contribution in [0.25, 0.3) is 0 Å². The standard InChI is InChI=1S/C15H29N3/c1-16-14-7-4-8-15(14)18-11-9-17(10-12-18)13-5-2-3-6-13/h13-16H,2-12H2,1H3. The summed E-state index contributed by atoms with van der Waals surface area (Å²) in [6.07, 6.45) is 10.1. The molecule has 104 valence electrons. The van der Waals surface area contributed by atoms with Crippen LogP contribution in [0.3, 0.4) is 0 Å². The average Bonchev–Trinajstić information content (AvgIpc) is 3.10. The Morgan fingerprint density at radius 3 is 2.11 bits per heavy atom. The molecule has 18 heavy (non-hydrogen) atoms. The number of hydrogen-bond donors (Lipinski definition) is 1. The van der Waals surface area contributed by atoms with E-state index in [1.165, 1.54) is 71.1 Å². The molecule has 0 amide bonds. The van der Waals surface area contributed by atoms with E-state index in [2.05, 4.69) is 22.2 Å². The highest BCUT2D eigenvalue weighted by Crippen LogP contribution is 2.28. The first-order valence-electron chi connectivity index (χ1n) is 8.04. The molecule has 1 aliphatic heterocycles. The minimum atomic E-state index is 0.753. The summed E-state index contributed by atoms with van der Waals surface area (Å²) >= 11 is 0. The van der Waals surface area contributed by atoms with Crippen molar-refractivity contribution in [2.75, 3.05) is 33.2 Å². The predicted molar refractivity (Wildman–Crippen MR) is 75.9 cm³/mol. The van der Waals surface area contributed by atoms with Crippen molar-refractivity contribution in [1.29, 1.82) is 0 Å². The maximum absolute atomic E-state index is 3.52. The van der Waals surface area contributed by atoms with Crippen molar-refractivity contribution in [3.63, 3.8) is 0 Å². The number of likely N-dealkylation sites (N-methyl/N-ethyl adjacent to an activating group) is 1. The fraction of sp³-hybridized carbons (Fsp3) is 1.00. The molecule has 3 heteroatoms. The smallest absolute Gasteiger partial charge is 0.0250 e. The van der Waals surface area contributed by atoms with Crippen molar-refractivity contribution in [3.8, 4) is 0 Å². The molecule has 2 aliphatic carbocycles. The van der Waals surface area contributed by atoms with Crippen molar-refractivity contribution in [3.05, 3.63) is 0 Å². The van der Waals surface area contributed by atoms with E-state index in [0.29, 0.717) is 0 Å². The molecular formula is C15H29N3. The van der Waals surface area contributed by atoms with Gasteiger partial charge in [-0.1, -0.05) is 19.3 Å². The molecule has 0 aromatic carbocycles. The fourth-order valence-electron chi connectivity index (χ4n) is 4.42. The van der Waals surface area contributed by atoms with E-state index in [1.54, 1.807) is 0 Å². The highest BCUT2D eigenvalue weighted by Gasteiger charge is 2.34. The van der Waals surface area contributed by atoms with E-state index in [9.17, 15) is 0 Å². The Bertz CT molecular complexity index is 254. The lowest BCUT2D eigenvalue weighted by atomic mass is 10.1. The third kappa shape index (κ3) is 2.59. The molecule has 1 N–H and O–H groups in total. The summed E-state index contributed by atoms with van der Waals surface area (Å²) < 4.78 is 0. The van der Waals surface area contributed by atoms with Crippen molar-refractivity contribution in [2.24, 2.45) is 0 Å². The van der Waals surface area contributed by atoms with Crippen molar-refractivity contribution >= 4 is 0 Å². The summed E-state index contributed by atoms with van der Waals surface area (Å²) in [6.45, 7) is 5.24. The average molecular weight is 251 g/mol. The number of nitrogens with zero attached hydrogens (tertiary/aromatic N) is 2. The van der Waals surface area contributed by atoms with Gasteiger partial charge in [-0.15, -0.1) is 0 Å². The molecule has 2 unspecified atom stereocenters. The quantitative estimate of drug-likeness (QED) is 0.823.